The van der Waals surface area contributed by atoms with Crippen molar-refractivity contribution in [3.05, 3.63) is 42.0 Å². The third-order valence-corrected chi connectivity index (χ3v) is 2.59. The average molecular weight is 190 g/mol. The SMILES string of the molecule is OCc1c(S)ccc2ccccc12. The van der Waals surface area contributed by atoms with Crippen LogP contribution in [0.2, 0.25) is 0 Å². The minimum Gasteiger partial charge on any atom is -0.392 e. The fourth-order valence-corrected chi connectivity index (χ4v) is 1.76. The fourth-order valence-electron chi connectivity index (χ4n) is 1.49. The molecular weight excluding hydrogens is 180 g/mol. The third-order valence-electron chi connectivity index (χ3n) is 2.17. The van der Waals surface area contributed by atoms with Crippen LogP contribution in [0, 0.1) is 0 Å². The Morgan fingerprint density at radius 1 is 1.08 bits per heavy atom. The Morgan fingerprint density at radius 3 is 2.62 bits per heavy atom. The first kappa shape index (κ1) is 8.60. The predicted octanol–water partition coefficient (Wildman–Crippen LogP) is 2.62. The molecule has 66 valence electrons. The molecule has 0 fully saturated rings. The van der Waals surface area contributed by atoms with E-state index < -0.39 is 0 Å². The fraction of sp³-hybridized carbons (Fsp3) is 0.0909. The number of thiol groups is 1. The van der Waals surface area contributed by atoms with Gasteiger partial charge >= 0.3 is 0 Å². The molecular formula is C11H10OS. The molecule has 1 N–H and O–H groups in total. The number of hydrogen-bond acceptors (Lipinski definition) is 2. The monoisotopic (exact) mass is 190 g/mol. The van der Waals surface area contributed by atoms with E-state index in [0.29, 0.717) is 0 Å². The van der Waals surface area contributed by atoms with Crippen LogP contribution in [0.4, 0.5) is 0 Å². The van der Waals surface area contributed by atoms with Crippen molar-refractivity contribution >= 4 is 23.4 Å². The second kappa shape index (κ2) is 3.40. The number of hydrogen-bond donors (Lipinski definition) is 2. The summed E-state index contributed by atoms with van der Waals surface area (Å²) in [6, 6.07) is 11.9. The summed E-state index contributed by atoms with van der Waals surface area (Å²) in [5.41, 5.74) is 0.904. The summed E-state index contributed by atoms with van der Waals surface area (Å²) in [5.74, 6) is 0. The molecule has 0 atom stereocenters. The van der Waals surface area contributed by atoms with E-state index in [4.69, 9.17) is 5.11 Å². The van der Waals surface area contributed by atoms with Crippen LogP contribution in [0.3, 0.4) is 0 Å². The maximum Gasteiger partial charge on any atom is 0.0698 e. The number of fused-ring (bicyclic) bond motifs is 1. The van der Waals surface area contributed by atoms with Crippen molar-refractivity contribution in [1.29, 1.82) is 0 Å². The lowest BCUT2D eigenvalue weighted by Gasteiger charge is -2.05. The van der Waals surface area contributed by atoms with E-state index in [-0.39, 0.29) is 6.61 Å². The van der Waals surface area contributed by atoms with Gasteiger partial charge in [0.1, 0.15) is 0 Å². The molecule has 0 spiro atoms. The van der Waals surface area contributed by atoms with Gasteiger partial charge in [0.05, 0.1) is 6.61 Å². The molecule has 0 radical (unpaired) electrons. The molecule has 0 unspecified atom stereocenters. The Kier molecular flexibility index (Phi) is 2.25. The quantitative estimate of drug-likeness (QED) is 0.662. The van der Waals surface area contributed by atoms with Crippen LogP contribution in [0.5, 0.6) is 0 Å². The van der Waals surface area contributed by atoms with Gasteiger partial charge in [0.2, 0.25) is 0 Å². The molecule has 0 aromatic heterocycles. The summed E-state index contributed by atoms with van der Waals surface area (Å²) in [4.78, 5) is 0.848. The van der Waals surface area contributed by atoms with Gasteiger partial charge in [0.15, 0.2) is 0 Å². The van der Waals surface area contributed by atoms with Crippen LogP contribution in [0.15, 0.2) is 41.3 Å². The molecule has 0 bridgehead atoms. The first-order chi connectivity index (χ1) is 6.33. The Morgan fingerprint density at radius 2 is 1.85 bits per heavy atom. The van der Waals surface area contributed by atoms with E-state index in [1.807, 2.05) is 36.4 Å². The molecule has 13 heavy (non-hydrogen) atoms. The zero-order chi connectivity index (χ0) is 9.26. The molecule has 0 heterocycles. The number of aliphatic hydroxyl groups excluding tert-OH is 1. The summed E-state index contributed by atoms with van der Waals surface area (Å²) in [7, 11) is 0. The Bertz CT molecular complexity index is 437. The van der Waals surface area contributed by atoms with Crippen molar-refractivity contribution in [1.82, 2.24) is 0 Å². The van der Waals surface area contributed by atoms with E-state index in [1.54, 1.807) is 0 Å². The van der Waals surface area contributed by atoms with Crippen molar-refractivity contribution in [2.24, 2.45) is 0 Å². The van der Waals surface area contributed by atoms with E-state index in [1.165, 1.54) is 0 Å². The van der Waals surface area contributed by atoms with Gasteiger partial charge in [-0.3, -0.25) is 0 Å². The second-order valence-electron chi connectivity index (χ2n) is 2.94. The van der Waals surface area contributed by atoms with Gasteiger partial charge in [0.25, 0.3) is 0 Å². The molecule has 0 saturated heterocycles. The summed E-state index contributed by atoms with van der Waals surface area (Å²) >= 11 is 4.29. The highest BCUT2D eigenvalue weighted by Gasteiger charge is 2.02. The largest absolute Gasteiger partial charge is 0.392 e. The molecule has 0 aliphatic carbocycles. The maximum atomic E-state index is 9.17. The van der Waals surface area contributed by atoms with Crippen LogP contribution in [-0.4, -0.2) is 5.11 Å². The van der Waals surface area contributed by atoms with Crippen LogP contribution in [0.25, 0.3) is 10.8 Å². The zero-order valence-electron chi connectivity index (χ0n) is 7.07. The summed E-state index contributed by atoms with van der Waals surface area (Å²) in [6.07, 6.45) is 0. The van der Waals surface area contributed by atoms with Gasteiger partial charge in [-0.25, -0.2) is 0 Å². The van der Waals surface area contributed by atoms with Crippen LogP contribution < -0.4 is 0 Å². The van der Waals surface area contributed by atoms with E-state index in [0.717, 1.165) is 21.2 Å². The summed E-state index contributed by atoms with van der Waals surface area (Å²) in [5, 5.41) is 11.4. The standard InChI is InChI=1S/C11H10OS/c12-7-10-9-4-2-1-3-8(9)5-6-11(10)13/h1-6,12-13H,7H2. The molecule has 2 heteroatoms. The lowest BCUT2D eigenvalue weighted by Crippen LogP contribution is -1.87. The minimum absolute atomic E-state index is 0.0419. The third kappa shape index (κ3) is 1.43. The molecule has 0 amide bonds. The Hall–Kier alpha value is -0.990. The molecule has 0 aliphatic rings. The molecule has 2 aromatic carbocycles. The first-order valence-electron chi connectivity index (χ1n) is 4.13. The zero-order valence-corrected chi connectivity index (χ0v) is 7.96. The van der Waals surface area contributed by atoms with E-state index >= 15 is 0 Å². The van der Waals surface area contributed by atoms with E-state index in [2.05, 4.69) is 12.6 Å². The molecule has 2 rings (SSSR count). The molecule has 0 saturated carbocycles. The smallest absolute Gasteiger partial charge is 0.0698 e. The summed E-state index contributed by atoms with van der Waals surface area (Å²) < 4.78 is 0. The van der Waals surface area contributed by atoms with Gasteiger partial charge in [-0.1, -0.05) is 30.3 Å². The number of aliphatic hydroxyl groups is 1. The Balaban J connectivity index is 2.84. The van der Waals surface area contributed by atoms with Gasteiger partial charge in [-0.2, -0.15) is 0 Å². The molecule has 0 aliphatic heterocycles. The average Bonchev–Trinajstić information content (AvgIpc) is 2.18. The number of benzene rings is 2. The van der Waals surface area contributed by atoms with Crippen molar-refractivity contribution in [2.75, 3.05) is 0 Å². The second-order valence-corrected chi connectivity index (χ2v) is 3.42. The van der Waals surface area contributed by atoms with Crippen LogP contribution in [0.1, 0.15) is 5.56 Å². The maximum absolute atomic E-state index is 9.17. The van der Waals surface area contributed by atoms with E-state index in [9.17, 15) is 0 Å². The van der Waals surface area contributed by atoms with Crippen LogP contribution in [-0.2, 0) is 6.61 Å². The van der Waals surface area contributed by atoms with Crippen molar-refractivity contribution in [3.8, 4) is 0 Å². The van der Waals surface area contributed by atoms with Gasteiger partial charge in [-0.05, 0) is 22.4 Å². The van der Waals surface area contributed by atoms with Gasteiger partial charge in [0, 0.05) is 4.90 Å². The highest BCUT2D eigenvalue weighted by atomic mass is 32.1. The van der Waals surface area contributed by atoms with Crippen molar-refractivity contribution < 1.29 is 5.11 Å². The highest BCUT2D eigenvalue weighted by Crippen LogP contribution is 2.24. The molecule has 2 aromatic rings. The van der Waals surface area contributed by atoms with Gasteiger partial charge < -0.3 is 5.11 Å². The van der Waals surface area contributed by atoms with Crippen LogP contribution >= 0.6 is 12.6 Å². The lowest BCUT2D eigenvalue weighted by molar-refractivity contribution is 0.280. The first-order valence-corrected chi connectivity index (χ1v) is 4.58. The van der Waals surface area contributed by atoms with Crippen molar-refractivity contribution in [3.63, 3.8) is 0 Å². The predicted molar refractivity (Wildman–Crippen MR) is 57.1 cm³/mol. The van der Waals surface area contributed by atoms with Crippen molar-refractivity contribution in [2.45, 2.75) is 11.5 Å². The highest BCUT2D eigenvalue weighted by molar-refractivity contribution is 7.80. The topological polar surface area (TPSA) is 20.2 Å². The molecule has 1 nitrogen and oxygen atoms in total. The lowest BCUT2D eigenvalue weighted by atomic mass is 10.1. The summed E-state index contributed by atoms with van der Waals surface area (Å²) in [6.45, 7) is 0.0419. The van der Waals surface area contributed by atoms with Gasteiger partial charge in [-0.15, -0.1) is 12.6 Å². The minimum atomic E-state index is 0.0419. The normalized spacial score (nSPS) is 10.6. The number of rotatable bonds is 1. The Labute approximate surface area is 82.4 Å².